The van der Waals surface area contributed by atoms with Gasteiger partial charge in [0.05, 0.1) is 15.6 Å². The number of carbonyl (C=O) groups excluding carboxylic acids is 2. The lowest BCUT2D eigenvalue weighted by Crippen LogP contribution is -2.34. The van der Waals surface area contributed by atoms with Gasteiger partial charge in [-0.25, -0.2) is 9.18 Å². The van der Waals surface area contributed by atoms with Crippen LogP contribution in [0.25, 0.3) is 0 Å². The Balaban J connectivity index is 1.70. The maximum Gasteiger partial charge on any atom is 0.326 e. The molecule has 0 bridgehead atoms. The highest BCUT2D eigenvalue weighted by Gasteiger charge is 2.16. The second-order valence-electron chi connectivity index (χ2n) is 5.71. The number of hydrogen-bond donors (Lipinski definition) is 2. The largest absolute Gasteiger partial charge is 0.326 e. The van der Waals surface area contributed by atoms with E-state index in [9.17, 15) is 14.0 Å². The number of anilines is 1. The third-order valence-corrected chi connectivity index (χ3v) is 5.86. The summed E-state index contributed by atoms with van der Waals surface area (Å²) in [6.45, 7) is 0. The van der Waals surface area contributed by atoms with Gasteiger partial charge in [0.25, 0.3) is 5.91 Å². The summed E-state index contributed by atoms with van der Waals surface area (Å²) in [6.07, 6.45) is 0. The molecule has 0 atom stereocenters. The van der Waals surface area contributed by atoms with Crippen LogP contribution in [0.4, 0.5) is 14.9 Å². The van der Waals surface area contributed by atoms with Gasteiger partial charge >= 0.3 is 6.03 Å². The van der Waals surface area contributed by atoms with Crippen LogP contribution in [-0.2, 0) is 0 Å². The van der Waals surface area contributed by atoms with Gasteiger partial charge in [0, 0.05) is 20.5 Å². The van der Waals surface area contributed by atoms with Crippen molar-refractivity contribution in [3.8, 4) is 0 Å². The zero-order valence-corrected chi connectivity index (χ0v) is 17.6. The smallest absolute Gasteiger partial charge is 0.308 e. The maximum atomic E-state index is 13.6. The molecule has 0 spiro atoms. The number of carbonyl (C=O) groups is 2. The van der Waals surface area contributed by atoms with Gasteiger partial charge in [-0.05, 0) is 48.5 Å². The summed E-state index contributed by atoms with van der Waals surface area (Å²) in [4.78, 5) is 25.6. The normalized spacial score (nSPS) is 10.5. The van der Waals surface area contributed by atoms with Crippen molar-refractivity contribution in [1.82, 2.24) is 5.32 Å². The number of hydrogen-bond acceptors (Lipinski definition) is 3. The number of imide groups is 1. The lowest BCUT2D eigenvalue weighted by molar-refractivity contribution is 0.0963. The van der Waals surface area contributed by atoms with E-state index in [0.29, 0.717) is 20.0 Å². The van der Waals surface area contributed by atoms with E-state index in [4.69, 9.17) is 34.8 Å². The van der Waals surface area contributed by atoms with E-state index in [1.807, 2.05) is 12.1 Å². The van der Waals surface area contributed by atoms with E-state index in [1.54, 1.807) is 12.1 Å². The molecule has 0 aliphatic carbocycles. The number of halogens is 4. The Bertz CT molecular complexity index is 1050. The predicted molar refractivity (Wildman–Crippen MR) is 115 cm³/mol. The fourth-order valence-electron chi connectivity index (χ4n) is 2.33. The second-order valence-corrected chi connectivity index (χ2v) is 8.05. The van der Waals surface area contributed by atoms with Crippen molar-refractivity contribution in [2.45, 2.75) is 9.79 Å². The van der Waals surface area contributed by atoms with Crippen LogP contribution >= 0.6 is 46.6 Å². The van der Waals surface area contributed by atoms with Crippen molar-refractivity contribution < 1.29 is 14.0 Å². The van der Waals surface area contributed by atoms with Crippen LogP contribution in [0.3, 0.4) is 0 Å². The SMILES string of the molecule is O=C(NC(=O)c1ccccc1F)Nc1cc(Cl)c(Sc2ccc(Cl)cc2)c(Cl)c1. The Morgan fingerprint density at radius 2 is 1.52 bits per heavy atom. The molecule has 0 aliphatic rings. The van der Waals surface area contributed by atoms with Gasteiger partial charge in [-0.15, -0.1) is 0 Å². The minimum absolute atomic E-state index is 0.242. The molecule has 0 saturated heterocycles. The molecule has 0 radical (unpaired) electrons. The highest BCUT2D eigenvalue weighted by Crippen LogP contribution is 2.40. The lowest BCUT2D eigenvalue weighted by atomic mass is 10.2. The Labute approximate surface area is 185 Å². The second kappa shape index (κ2) is 9.50. The van der Waals surface area contributed by atoms with E-state index >= 15 is 0 Å². The molecule has 0 aliphatic heterocycles. The maximum absolute atomic E-state index is 13.6. The first-order chi connectivity index (χ1) is 13.8. The molecule has 29 heavy (non-hydrogen) atoms. The molecule has 3 aromatic rings. The van der Waals surface area contributed by atoms with Crippen molar-refractivity contribution in [2.24, 2.45) is 0 Å². The van der Waals surface area contributed by atoms with Gasteiger partial charge in [0.15, 0.2) is 0 Å². The summed E-state index contributed by atoms with van der Waals surface area (Å²) in [5, 5.41) is 5.74. The van der Waals surface area contributed by atoms with Gasteiger partial charge in [-0.1, -0.05) is 58.7 Å². The Morgan fingerprint density at radius 3 is 2.14 bits per heavy atom. The van der Waals surface area contributed by atoms with Gasteiger partial charge in [0.1, 0.15) is 5.82 Å². The Morgan fingerprint density at radius 1 is 0.897 bits per heavy atom. The average Bonchev–Trinajstić information content (AvgIpc) is 2.66. The van der Waals surface area contributed by atoms with E-state index in [-0.39, 0.29) is 11.3 Å². The molecule has 3 rings (SSSR count). The summed E-state index contributed by atoms with van der Waals surface area (Å²) in [5.41, 5.74) is 0.0349. The molecule has 0 unspecified atom stereocenters. The standard InChI is InChI=1S/C20H12Cl3FN2O2S/c21-11-5-7-13(8-6-11)29-18-15(22)9-12(10-16(18)23)25-20(28)26-19(27)14-3-1-2-4-17(14)24/h1-10H,(H2,25,26,27,28). The highest BCUT2D eigenvalue weighted by atomic mass is 35.5. The van der Waals surface area contributed by atoms with Crippen LogP contribution in [0.5, 0.6) is 0 Å². The van der Waals surface area contributed by atoms with Crippen molar-refractivity contribution in [3.05, 3.63) is 87.1 Å². The quantitative estimate of drug-likeness (QED) is 0.437. The molecule has 0 fully saturated rings. The molecule has 3 aromatic carbocycles. The van der Waals surface area contributed by atoms with Crippen LogP contribution in [0.15, 0.2) is 70.5 Å². The van der Waals surface area contributed by atoms with E-state index < -0.39 is 17.8 Å². The van der Waals surface area contributed by atoms with Crippen molar-refractivity contribution in [3.63, 3.8) is 0 Å². The van der Waals surface area contributed by atoms with Crippen LogP contribution in [0.2, 0.25) is 15.1 Å². The fourth-order valence-corrected chi connectivity index (χ4v) is 3.99. The molecule has 0 heterocycles. The Kier molecular flexibility index (Phi) is 7.03. The third-order valence-electron chi connectivity index (χ3n) is 3.64. The molecule has 9 heteroatoms. The first-order valence-electron chi connectivity index (χ1n) is 8.13. The molecule has 0 saturated carbocycles. The summed E-state index contributed by atoms with van der Waals surface area (Å²) >= 11 is 19.8. The third kappa shape index (κ3) is 5.64. The Hall–Kier alpha value is -2.25. The summed E-state index contributed by atoms with van der Waals surface area (Å²) in [5.74, 6) is -1.60. The number of rotatable bonds is 4. The molecular formula is C20H12Cl3FN2O2S. The van der Waals surface area contributed by atoms with Crippen LogP contribution in [0.1, 0.15) is 10.4 Å². The lowest BCUT2D eigenvalue weighted by Gasteiger charge is -2.11. The van der Waals surface area contributed by atoms with Crippen molar-refractivity contribution in [1.29, 1.82) is 0 Å². The minimum Gasteiger partial charge on any atom is -0.308 e. The topological polar surface area (TPSA) is 58.2 Å². The zero-order chi connectivity index (χ0) is 21.0. The van der Waals surface area contributed by atoms with Gasteiger partial charge in [-0.2, -0.15) is 0 Å². The minimum atomic E-state index is -0.868. The highest BCUT2D eigenvalue weighted by molar-refractivity contribution is 7.99. The van der Waals surface area contributed by atoms with Gasteiger partial charge < -0.3 is 5.32 Å². The first-order valence-corrected chi connectivity index (χ1v) is 10.1. The summed E-state index contributed by atoms with van der Waals surface area (Å²) in [6, 6.07) is 14.6. The van der Waals surface area contributed by atoms with E-state index in [1.165, 1.54) is 42.1 Å². The van der Waals surface area contributed by atoms with Crippen LogP contribution in [0, 0.1) is 5.82 Å². The number of amides is 3. The molecule has 0 aromatic heterocycles. The molecule has 4 nitrogen and oxygen atoms in total. The fraction of sp³-hybridized carbons (Fsp3) is 0. The summed E-state index contributed by atoms with van der Waals surface area (Å²) in [7, 11) is 0. The zero-order valence-electron chi connectivity index (χ0n) is 14.5. The van der Waals surface area contributed by atoms with Crippen molar-refractivity contribution in [2.75, 3.05) is 5.32 Å². The number of nitrogens with one attached hydrogen (secondary N) is 2. The van der Waals surface area contributed by atoms with E-state index in [2.05, 4.69) is 10.6 Å². The van der Waals surface area contributed by atoms with Crippen LogP contribution < -0.4 is 10.6 Å². The number of benzene rings is 3. The van der Waals surface area contributed by atoms with E-state index in [0.717, 1.165) is 11.0 Å². The first kappa shape index (κ1) is 21.5. The summed E-state index contributed by atoms with van der Waals surface area (Å²) < 4.78 is 13.6. The average molecular weight is 470 g/mol. The molecule has 3 amide bonds. The molecular weight excluding hydrogens is 458 g/mol. The molecule has 2 N–H and O–H groups in total. The van der Waals surface area contributed by atoms with Crippen LogP contribution in [-0.4, -0.2) is 11.9 Å². The van der Waals surface area contributed by atoms with Gasteiger partial charge in [0.2, 0.25) is 0 Å². The predicted octanol–water partition coefficient (Wildman–Crippen LogP) is 6.90. The number of urea groups is 1. The monoisotopic (exact) mass is 468 g/mol. The van der Waals surface area contributed by atoms with Gasteiger partial charge in [-0.3, -0.25) is 10.1 Å². The molecule has 148 valence electrons. The van der Waals surface area contributed by atoms with Crippen molar-refractivity contribution >= 4 is 64.2 Å².